The van der Waals surface area contributed by atoms with Gasteiger partial charge in [0.25, 0.3) is 0 Å². The number of amides is 1. The second-order valence-electron chi connectivity index (χ2n) is 20.8. The minimum absolute atomic E-state index is 0.388. The molecule has 3 fully saturated rings. The molecule has 3 aliphatic heterocycles. The van der Waals surface area contributed by atoms with Crippen molar-refractivity contribution in [2.45, 2.75) is 285 Å². The third-order valence-electron chi connectivity index (χ3n) is 14.5. The highest BCUT2D eigenvalue weighted by Crippen LogP contribution is 2.33. The Bertz CT molecular complexity index is 1520. The summed E-state index contributed by atoms with van der Waals surface area (Å²) in [7, 11) is 0. The molecule has 17 unspecified atom stereocenters. The minimum atomic E-state index is -1.98. The first-order valence-corrected chi connectivity index (χ1v) is 28.7. The van der Waals surface area contributed by atoms with Gasteiger partial charge in [0.1, 0.15) is 73.2 Å². The lowest BCUT2D eigenvalue weighted by Crippen LogP contribution is -2.66. The summed E-state index contributed by atoms with van der Waals surface area (Å²) in [5, 5.41) is 118. The van der Waals surface area contributed by atoms with E-state index in [-0.39, 0.29) is 6.61 Å². The van der Waals surface area contributed by atoms with Gasteiger partial charge in [-0.15, -0.1) is 0 Å². The van der Waals surface area contributed by atoms with E-state index >= 15 is 0 Å². The Balaban J connectivity index is 1.27. The average Bonchev–Trinajstić information content (AvgIpc) is 3.40. The molecule has 0 aliphatic carbocycles. The van der Waals surface area contributed by atoms with Crippen LogP contribution in [-0.2, 0) is 33.2 Å². The van der Waals surface area contributed by atoms with Gasteiger partial charge in [-0.3, -0.25) is 4.79 Å². The lowest BCUT2D eigenvalue weighted by Gasteiger charge is -2.48. The first kappa shape index (κ1) is 67.3. The molecular weight excluding hydrogens is 975 g/mol. The Labute approximate surface area is 447 Å². The molecule has 3 rings (SSSR count). The first-order chi connectivity index (χ1) is 36.3. The molecule has 438 valence electrons. The zero-order chi connectivity index (χ0) is 54.8. The van der Waals surface area contributed by atoms with Crippen molar-refractivity contribution in [2.24, 2.45) is 0 Å². The second kappa shape index (κ2) is 40.2. The van der Waals surface area contributed by atoms with E-state index in [2.05, 4.69) is 36.5 Å². The standard InChI is InChI=1S/C56H101NO18/c1-3-4-5-6-7-8-9-10-11-12-13-14-15-16-17-18-19-20-21-22-23-24-25-26-27-28-29-30-31-32-33-34-41(62)40(57-39(2)61)38-70-54-50(68)47(65)52(43(36-59)72-54)75-56-51(69)48(66)53(44(37-60)73-56)74-55-49(67)46(64)45(63)42(35-58)71-55/h25-26,29-30,33-34,40-56,58-60,62-69H,3-24,27-28,31-32,35-38H2,1-2H3,(H,57,61)/b26-25+,30-29+,34-33+. The van der Waals surface area contributed by atoms with Crippen LogP contribution in [-0.4, -0.2) is 193 Å². The number of hydrogen-bond acceptors (Lipinski definition) is 18. The van der Waals surface area contributed by atoms with Gasteiger partial charge in [0.15, 0.2) is 18.9 Å². The molecule has 19 nitrogen and oxygen atoms in total. The summed E-state index contributed by atoms with van der Waals surface area (Å²) >= 11 is 0. The fourth-order valence-electron chi connectivity index (χ4n) is 9.79. The highest BCUT2D eigenvalue weighted by atomic mass is 16.8. The van der Waals surface area contributed by atoms with Crippen molar-refractivity contribution >= 4 is 5.91 Å². The van der Waals surface area contributed by atoms with E-state index in [1.807, 2.05) is 0 Å². The van der Waals surface area contributed by atoms with Gasteiger partial charge in [-0.2, -0.15) is 0 Å². The fraction of sp³-hybridized carbons (Fsp3) is 0.875. The molecule has 0 aromatic rings. The Morgan fingerprint density at radius 1 is 0.467 bits per heavy atom. The molecule has 3 aliphatic rings. The van der Waals surface area contributed by atoms with Crippen molar-refractivity contribution in [3.8, 4) is 0 Å². The Morgan fingerprint density at radius 3 is 1.25 bits per heavy atom. The third kappa shape index (κ3) is 25.3. The Morgan fingerprint density at radius 2 is 0.827 bits per heavy atom. The summed E-state index contributed by atoms with van der Waals surface area (Å²) in [5.41, 5.74) is 0. The van der Waals surface area contributed by atoms with Gasteiger partial charge in [0.2, 0.25) is 5.91 Å². The second-order valence-corrected chi connectivity index (χ2v) is 20.8. The molecule has 0 spiro atoms. The van der Waals surface area contributed by atoms with Crippen LogP contribution in [0.15, 0.2) is 36.5 Å². The molecule has 17 atom stereocenters. The topological polar surface area (TPSA) is 307 Å². The van der Waals surface area contributed by atoms with Gasteiger partial charge in [-0.25, -0.2) is 0 Å². The van der Waals surface area contributed by atoms with Gasteiger partial charge in [0, 0.05) is 6.92 Å². The average molecular weight is 1080 g/mol. The quantitative estimate of drug-likeness (QED) is 0.0302. The van der Waals surface area contributed by atoms with Crippen LogP contribution in [0.25, 0.3) is 0 Å². The zero-order valence-corrected chi connectivity index (χ0v) is 45.3. The van der Waals surface area contributed by atoms with Crippen molar-refractivity contribution in [3.63, 3.8) is 0 Å². The molecule has 0 bridgehead atoms. The van der Waals surface area contributed by atoms with E-state index in [9.17, 15) is 61.0 Å². The summed E-state index contributed by atoms with van der Waals surface area (Å²) in [4.78, 5) is 12.0. The maximum Gasteiger partial charge on any atom is 0.217 e. The molecule has 0 aromatic heterocycles. The largest absolute Gasteiger partial charge is 0.394 e. The number of nitrogens with one attached hydrogen (secondary N) is 1. The van der Waals surface area contributed by atoms with E-state index in [1.54, 1.807) is 6.08 Å². The van der Waals surface area contributed by atoms with Crippen LogP contribution in [0.5, 0.6) is 0 Å². The zero-order valence-electron chi connectivity index (χ0n) is 45.3. The first-order valence-electron chi connectivity index (χ1n) is 28.7. The molecule has 3 saturated heterocycles. The fourth-order valence-corrected chi connectivity index (χ4v) is 9.79. The predicted molar refractivity (Wildman–Crippen MR) is 282 cm³/mol. The lowest BCUT2D eigenvalue weighted by molar-refractivity contribution is -0.379. The molecule has 0 radical (unpaired) electrons. The van der Waals surface area contributed by atoms with Crippen LogP contribution >= 0.6 is 0 Å². The summed E-state index contributed by atoms with van der Waals surface area (Å²) in [6, 6.07) is -0.995. The van der Waals surface area contributed by atoms with Crippen molar-refractivity contribution in [1.29, 1.82) is 0 Å². The number of allylic oxidation sites excluding steroid dienone is 5. The van der Waals surface area contributed by atoms with E-state index in [1.165, 1.54) is 148 Å². The van der Waals surface area contributed by atoms with Crippen LogP contribution in [0.4, 0.5) is 0 Å². The van der Waals surface area contributed by atoms with E-state index in [0.717, 1.165) is 25.7 Å². The SMILES string of the molecule is CCCCCCCCCCCCCCCCCCCCCCC/C=C/CC/C=C/CC/C=C/C(O)C(COC1OC(CO)C(OC2OC(CO)C(OC3OC(CO)C(O)C(O)C3O)C(O)C2O)C(O)C1O)NC(C)=O. The summed E-state index contributed by atoms with van der Waals surface area (Å²) in [5.74, 6) is -0.467. The van der Waals surface area contributed by atoms with Crippen LogP contribution in [0.3, 0.4) is 0 Å². The minimum Gasteiger partial charge on any atom is -0.394 e. The van der Waals surface area contributed by atoms with Gasteiger partial charge in [0.05, 0.1) is 38.6 Å². The number of aliphatic hydroxyl groups excluding tert-OH is 11. The molecular formula is C56H101NO18. The number of unbranched alkanes of at least 4 members (excludes halogenated alkanes) is 23. The molecule has 1 amide bonds. The van der Waals surface area contributed by atoms with Gasteiger partial charge in [-0.1, -0.05) is 172 Å². The van der Waals surface area contributed by atoms with Crippen LogP contribution in [0, 0.1) is 0 Å². The Kier molecular flexibility index (Phi) is 36.1. The van der Waals surface area contributed by atoms with Crippen molar-refractivity contribution < 1.29 is 89.4 Å². The monoisotopic (exact) mass is 1080 g/mol. The van der Waals surface area contributed by atoms with E-state index < -0.39 is 130 Å². The normalized spacial score (nSPS) is 31.5. The maximum atomic E-state index is 12.0. The highest BCUT2D eigenvalue weighted by Gasteiger charge is 2.53. The Hall–Kier alpha value is -1.99. The summed E-state index contributed by atoms with van der Waals surface area (Å²) < 4.78 is 33.6. The molecule has 0 aromatic carbocycles. The van der Waals surface area contributed by atoms with Crippen molar-refractivity contribution in [3.05, 3.63) is 36.5 Å². The number of ether oxygens (including phenoxy) is 6. The van der Waals surface area contributed by atoms with Gasteiger partial charge in [-0.05, 0) is 38.5 Å². The number of hydrogen-bond donors (Lipinski definition) is 12. The number of carbonyl (C=O) groups is 1. The number of rotatable bonds is 41. The van der Waals surface area contributed by atoms with Gasteiger partial charge < -0.3 is 89.9 Å². The summed E-state index contributed by atoms with van der Waals surface area (Å²) in [6.07, 6.45) is 18.8. The number of aliphatic hydroxyl groups is 11. The highest BCUT2D eigenvalue weighted by molar-refractivity contribution is 5.73. The maximum absolute atomic E-state index is 12.0. The molecule has 75 heavy (non-hydrogen) atoms. The van der Waals surface area contributed by atoms with E-state index in [4.69, 9.17) is 28.4 Å². The molecule has 0 saturated carbocycles. The van der Waals surface area contributed by atoms with Crippen LogP contribution in [0.1, 0.15) is 181 Å². The van der Waals surface area contributed by atoms with Gasteiger partial charge >= 0.3 is 0 Å². The predicted octanol–water partition coefficient (Wildman–Crippen LogP) is 4.15. The third-order valence-corrected chi connectivity index (χ3v) is 14.5. The smallest absolute Gasteiger partial charge is 0.217 e. The summed E-state index contributed by atoms with van der Waals surface area (Å²) in [6.45, 7) is 0.720. The van der Waals surface area contributed by atoms with Crippen molar-refractivity contribution in [2.75, 3.05) is 26.4 Å². The molecule has 3 heterocycles. The number of carbonyl (C=O) groups excluding carboxylic acids is 1. The molecule has 19 heteroatoms. The van der Waals surface area contributed by atoms with Crippen molar-refractivity contribution in [1.82, 2.24) is 5.32 Å². The molecule has 12 N–H and O–H groups in total. The lowest BCUT2D eigenvalue weighted by atomic mass is 9.96. The van der Waals surface area contributed by atoms with Crippen LogP contribution < -0.4 is 5.32 Å². The van der Waals surface area contributed by atoms with Crippen LogP contribution in [0.2, 0.25) is 0 Å². The van der Waals surface area contributed by atoms with E-state index in [0.29, 0.717) is 6.42 Å².